The van der Waals surface area contributed by atoms with Gasteiger partial charge in [-0.3, -0.25) is 4.79 Å². The van der Waals surface area contributed by atoms with Gasteiger partial charge < -0.3 is 24.6 Å². The third-order valence-electron chi connectivity index (χ3n) is 5.31. The molecule has 29 heavy (non-hydrogen) atoms. The van der Waals surface area contributed by atoms with E-state index < -0.39 is 17.8 Å². The van der Waals surface area contributed by atoms with Gasteiger partial charge >= 0.3 is 6.09 Å². The van der Waals surface area contributed by atoms with Gasteiger partial charge in [0.05, 0.1) is 11.1 Å². The van der Waals surface area contributed by atoms with Crippen molar-refractivity contribution in [3.8, 4) is 5.75 Å². The Hall–Kier alpha value is -2.81. The highest BCUT2D eigenvalue weighted by Gasteiger charge is 2.43. The molecule has 2 aromatic rings. The number of primary amides is 1. The molecule has 8 nitrogen and oxygen atoms in total. The number of halogens is 2. The minimum Gasteiger partial charge on any atom is -0.490 e. The van der Waals surface area contributed by atoms with E-state index in [1.807, 2.05) is 0 Å². The standard InChI is InChI=1S/C19H19ClFN3O5/c20-15-2-1-12(5-16(15)21)28-13-3-10-7-24(8-11(10)4-13)19(26)27-9-14-6-17(18(22)25)23-29-14/h1-2,5-6,10-11,13H,3-4,7-9H2,(H2,22,25)/t10-,11+,13-. The van der Waals surface area contributed by atoms with Crippen molar-refractivity contribution in [3.63, 3.8) is 0 Å². The van der Waals surface area contributed by atoms with Crippen LogP contribution in [0.2, 0.25) is 5.02 Å². The topological polar surface area (TPSA) is 108 Å². The minimum absolute atomic E-state index is 0.0154. The lowest BCUT2D eigenvalue weighted by Gasteiger charge is -2.19. The third kappa shape index (κ3) is 4.29. The first-order valence-electron chi connectivity index (χ1n) is 9.18. The number of nitrogens with two attached hydrogens (primary N) is 1. The number of hydrogen-bond acceptors (Lipinski definition) is 6. The molecule has 1 aromatic heterocycles. The van der Waals surface area contributed by atoms with Crippen molar-refractivity contribution >= 4 is 23.6 Å². The van der Waals surface area contributed by atoms with Gasteiger partial charge in [0.15, 0.2) is 18.1 Å². The Kier molecular flexibility index (Phi) is 5.31. The highest BCUT2D eigenvalue weighted by Crippen LogP contribution is 2.40. The zero-order valence-corrected chi connectivity index (χ0v) is 16.1. The highest BCUT2D eigenvalue weighted by atomic mass is 35.5. The van der Waals surface area contributed by atoms with Crippen LogP contribution in [-0.2, 0) is 11.3 Å². The predicted octanol–water partition coefficient (Wildman–Crippen LogP) is 2.99. The first kappa shape index (κ1) is 19.5. The number of aromatic nitrogens is 1. The molecule has 2 heterocycles. The molecule has 2 aliphatic rings. The zero-order chi connectivity index (χ0) is 20.5. The normalized spacial score (nSPS) is 23.1. The molecule has 4 rings (SSSR count). The Morgan fingerprint density at radius 2 is 2.00 bits per heavy atom. The van der Waals surface area contributed by atoms with Gasteiger partial charge in [0.25, 0.3) is 5.91 Å². The van der Waals surface area contributed by atoms with E-state index in [2.05, 4.69) is 5.16 Å². The molecule has 0 radical (unpaired) electrons. The monoisotopic (exact) mass is 423 g/mol. The second-order valence-electron chi connectivity index (χ2n) is 7.31. The van der Waals surface area contributed by atoms with Crippen LogP contribution in [0.4, 0.5) is 9.18 Å². The number of hydrogen-bond donors (Lipinski definition) is 1. The molecule has 1 saturated carbocycles. The predicted molar refractivity (Wildman–Crippen MR) is 98.8 cm³/mol. The number of amides is 2. The number of carbonyl (C=O) groups is 2. The minimum atomic E-state index is -0.711. The Labute approximate surface area is 170 Å². The van der Waals surface area contributed by atoms with Gasteiger partial charge in [-0.05, 0) is 36.8 Å². The maximum absolute atomic E-state index is 13.6. The molecular formula is C19H19ClFN3O5. The number of benzene rings is 1. The van der Waals surface area contributed by atoms with E-state index in [1.54, 1.807) is 11.0 Å². The summed E-state index contributed by atoms with van der Waals surface area (Å²) in [6.07, 6.45) is 1.09. The van der Waals surface area contributed by atoms with Gasteiger partial charge in [0.1, 0.15) is 11.6 Å². The summed E-state index contributed by atoms with van der Waals surface area (Å²) in [5, 5.41) is 3.55. The van der Waals surface area contributed by atoms with Crippen LogP contribution >= 0.6 is 11.6 Å². The van der Waals surface area contributed by atoms with Crippen molar-refractivity contribution in [2.24, 2.45) is 17.6 Å². The summed E-state index contributed by atoms with van der Waals surface area (Å²) >= 11 is 5.69. The second kappa shape index (κ2) is 7.90. The van der Waals surface area contributed by atoms with Crippen LogP contribution in [-0.4, -0.2) is 41.3 Å². The largest absolute Gasteiger partial charge is 0.490 e. The number of ether oxygens (including phenoxy) is 2. The van der Waals surface area contributed by atoms with E-state index in [0.717, 1.165) is 12.8 Å². The van der Waals surface area contributed by atoms with Crippen LogP contribution in [0.25, 0.3) is 0 Å². The molecule has 2 fully saturated rings. The smallest absolute Gasteiger partial charge is 0.410 e. The first-order valence-corrected chi connectivity index (χ1v) is 9.55. The van der Waals surface area contributed by atoms with Crippen molar-refractivity contribution in [2.45, 2.75) is 25.6 Å². The number of likely N-dealkylation sites (tertiary alicyclic amines) is 1. The van der Waals surface area contributed by atoms with Crippen molar-refractivity contribution < 1.29 is 28.0 Å². The lowest BCUT2D eigenvalue weighted by molar-refractivity contribution is 0.0899. The van der Waals surface area contributed by atoms with E-state index in [9.17, 15) is 14.0 Å². The Morgan fingerprint density at radius 1 is 1.28 bits per heavy atom. The summed E-state index contributed by atoms with van der Waals surface area (Å²) in [6, 6.07) is 5.75. The SMILES string of the molecule is NC(=O)c1cc(COC(=O)N2C[C@H]3C[C@@H](Oc4ccc(Cl)c(F)c4)C[C@H]3C2)on1. The molecule has 0 bridgehead atoms. The quantitative estimate of drug-likeness (QED) is 0.792. The molecule has 1 aliphatic carbocycles. The number of rotatable bonds is 5. The molecule has 1 saturated heterocycles. The molecular weight excluding hydrogens is 405 g/mol. The van der Waals surface area contributed by atoms with Gasteiger partial charge in [0.2, 0.25) is 0 Å². The van der Waals surface area contributed by atoms with Crippen LogP contribution in [0.5, 0.6) is 5.75 Å². The summed E-state index contributed by atoms with van der Waals surface area (Å²) in [5.41, 5.74) is 5.08. The van der Waals surface area contributed by atoms with Gasteiger partial charge in [-0.1, -0.05) is 16.8 Å². The highest BCUT2D eigenvalue weighted by molar-refractivity contribution is 6.30. The molecule has 1 aromatic carbocycles. The number of fused-ring (bicyclic) bond motifs is 1. The fourth-order valence-electron chi connectivity index (χ4n) is 3.95. The van der Waals surface area contributed by atoms with E-state index in [4.69, 9.17) is 31.3 Å². The Balaban J connectivity index is 1.25. The summed E-state index contributed by atoms with van der Waals surface area (Å²) in [6.45, 7) is 1.02. The maximum atomic E-state index is 13.6. The van der Waals surface area contributed by atoms with Crippen LogP contribution in [0, 0.1) is 17.7 Å². The van der Waals surface area contributed by atoms with Crippen molar-refractivity contribution in [3.05, 3.63) is 46.6 Å². The molecule has 0 unspecified atom stereocenters. The van der Waals surface area contributed by atoms with Gasteiger partial charge in [0, 0.05) is 25.2 Å². The lowest BCUT2D eigenvalue weighted by Crippen LogP contribution is -2.31. The lowest BCUT2D eigenvalue weighted by atomic mass is 10.0. The Morgan fingerprint density at radius 3 is 2.62 bits per heavy atom. The molecule has 3 atom stereocenters. The molecule has 1 aliphatic heterocycles. The van der Waals surface area contributed by atoms with Crippen LogP contribution in [0.1, 0.15) is 29.1 Å². The molecule has 2 N–H and O–H groups in total. The average Bonchev–Trinajstić information content (AvgIpc) is 3.37. The van der Waals surface area contributed by atoms with E-state index >= 15 is 0 Å². The summed E-state index contributed by atoms with van der Waals surface area (Å²) in [7, 11) is 0. The van der Waals surface area contributed by atoms with Crippen LogP contribution < -0.4 is 10.5 Å². The van der Waals surface area contributed by atoms with Crippen LogP contribution in [0.3, 0.4) is 0 Å². The third-order valence-corrected chi connectivity index (χ3v) is 5.62. The summed E-state index contributed by atoms with van der Waals surface area (Å²) in [4.78, 5) is 24.9. The van der Waals surface area contributed by atoms with Crippen molar-refractivity contribution in [2.75, 3.05) is 13.1 Å². The number of nitrogens with zero attached hydrogens (tertiary/aromatic N) is 2. The fourth-order valence-corrected chi connectivity index (χ4v) is 4.07. The molecule has 2 amide bonds. The summed E-state index contributed by atoms with van der Waals surface area (Å²) in [5.74, 6) is 0.0846. The van der Waals surface area contributed by atoms with E-state index in [-0.39, 0.29) is 29.2 Å². The molecule has 0 spiro atoms. The van der Waals surface area contributed by atoms with E-state index in [1.165, 1.54) is 18.2 Å². The second-order valence-corrected chi connectivity index (χ2v) is 7.72. The van der Waals surface area contributed by atoms with Gasteiger partial charge in [-0.2, -0.15) is 0 Å². The zero-order valence-electron chi connectivity index (χ0n) is 15.3. The van der Waals surface area contributed by atoms with Crippen LogP contribution in [0.15, 0.2) is 28.8 Å². The van der Waals surface area contributed by atoms with Crippen molar-refractivity contribution in [1.82, 2.24) is 10.1 Å². The molecule has 154 valence electrons. The van der Waals surface area contributed by atoms with Gasteiger partial charge in [-0.25, -0.2) is 9.18 Å². The number of carbonyl (C=O) groups excluding carboxylic acids is 2. The summed E-state index contributed by atoms with van der Waals surface area (Å²) < 4.78 is 29.6. The molecule has 10 heteroatoms. The fraction of sp³-hybridized carbons (Fsp3) is 0.421. The van der Waals surface area contributed by atoms with Gasteiger partial charge in [-0.15, -0.1) is 0 Å². The van der Waals surface area contributed by atoms with E-state index in [0.29, 0.717) is 30.7 Å². The first-order chi connectivity index (χ1) is 13.9. The van der Waals surface area contributed by atoms with Crippen molar-refractivity contribution in [1.29, 1.82) is 0 Å². The average molecular weight is 424 g/mol. The maximum Gasteiger partial charge on any atom is 0.410 e. The Bertz CT molecular complexity index is 922.